The molecule has 17 nitrogen and oxygen atoms in total. The third kappa shape index (κ3) is 4.40. The average molecular weight is 510 g/mol. The molecule has 8 N–H and O–H groups in total. The van der Waals surface area contributed by atoms with E-state index in [1.54, 1.807) is 0 Å². The Labute approximate surface area is 202 Å². The molecule has 2 fully saturated rings. The minimum Gasteiger partial charge on any atom is -0.394 e. The first-order valence-corrected chi connectivity index (χ1v) is 11.0. The lowest BCUT2D eigenvalue weighted by Crippen LogP contribution is -2.59. The zero-order valence-electron chi connectivity index (χ0n) is 18.7. The second kappa shape index (κ2) is 9.88. The van der Waals surface area contributed by atoms with E-state index in [1.807, 2.05) is 0 Å². The van der Waals surface area contributed by atoms with E-state index >= 15 is 0 Å². The second-order valence-electron chi connectivity index (χ2n) is 8.57. The van der Waals surface area contributed by atoms with Crippen LogP contribution in [-0.2, 0) is 27.4 Å². The van der Waals surface area contributed by atoms with Gasteiger partial charge in [-0.05, 0) is 0 Å². The summed E-state index contributed by atoms with van der Waals surface area (Å²) >= 11 is 0. The van der Waals surface area contributed by atoms with Crippen LogP contribution in [0.3, 0.4) is 0 Å². The normalized spacial score (nSPS) is 35.0. The number of nitrogens with zero attached hydrogens (tertiary/aromatic N) is 7. The number of nitrogen functional groups attached to an aromatic ring is 1. The highest BCUT2D eigenvalue weighted by Crippen LogP contribution is 2.32. The van der Waals surface area contributed by atoms with Crippen molar-refractivity contribution in [1.29, 1.82) is 0 Å². The number of nitrogens with two attached hydrogens (primary N) is 1. The third-order valence-electron chi connectivity index (χ3n) is 6.20. The molecule has 5 heterocycles. The van der Waals surface area contributed by atoms with Crippen LogP contribution in [0.4, 0.5) is 5.82 Å². The van der Waals surface area contributed by atoms with Gasteiger partial charge in [-0.25, -0.2) is 19.6 Å². The number of aliphatic hydroxyl groups excluding tert-OH is 6. The molecule has 3 aromatic heterocycles. The molecule has 0 spiro atoms. The summed E-state index contributed by atoms with van der Waals surface area (Å²) < 4.78 is 19.4. The Hall–Kier alpha value is -2.87. The van der Waals surface area contributed by atoms with E-state index in [4.69, 9.17) is 19.9 Å². The Balaban J connectivity index is 1.21. The van der Waals surface area contributed by atoms with Crippen molar-refractivity contribution in [1.82, 2.24) is 34.5 Å². The Bertz CT molecular complexity index is 1190. The highest BCUT2D eigenvalue weighted by atomic mass is 16.7. The highest BCUT2D eigenvalue weighted by molar-refractivity contribution is 5.81. The zero-order chi connectivity index (χ0) is 25.6. The van der Waals surface area contributed by atoms with Gasteiger partial charge in [-0.1, -0.05) is 5.21 Å². The van der Waals surface area contributed by atoms with Crippen molar-refractivity contribution in [3.8, 4) is 0 Å². The summed E-state index contributed by atoms with van der Waals surface area (Å²) in [7, 11) is 0. The summed E-state index contributed by atoms with van der Waals surface area (Å²) in [5, 5.41) is 68.1. The van der Waals surface area contributed by atoms with Gasteiger partial charge in [0, 0.05) is 0 Å². The molecule has 0 bridgehead atoms. The minimum atomic E-state index is -1.56. The van der Waals surface area contributed by atoms with Gasteiger partial charge in [0.2, 0.25) is 0 Å². The van der Waals surface area contributed by atoms with E-state index in [2.05, 4.69) is 25.3 Å². The number of hydrogen-bond donors (Lipinski definition) is 7. The van der Waals surface area contributed by atoms with Crippen LogP contribution in [0.5, 0.6) is 0 Å². The molecule has 0 saturated carbocycles. The molecule has 17 heteroatoms. The van der Waals surface area contributed by atoms with Crippen molar-refractivity contribution in [3.05, 3.63) is 24.5 Å². The number of rotatable bonds is 7. The first-order valence-electron chi connectivity index (χ1n) is 11.0. The number of imidazole rings is 1. The summed E-state index contributed by atoms with van der Waals surface area (Å²) in [6.07, 6.45) is -7.25. The van der Waals surface area contributed by atoms with Crippen LogP contribution in [0.1, 0.15) is 11.9 Å². The van der Waals surface area contributed by atoms with Crippen LogP contribution in [0.15, 0.2) is 18.9 Å². The zero-order valence-corrected chi connectivity index (χ0v) is 18.7. The van der Waals surface area contributed by atoms with Crippen LogP contribution >= 0.6 is 0 Å². The minimum absolute atomic E-state index is 0.0333. The van der Waals surface area contributed by atoms with Crippen LogP contribution < -0.4 is 5.73 Å². The van der Waals surface area contributed by atoms with E-state index < -0.39 is 61.9 Å². The van der Waals surface area contributed by atoms with Gasteiger partial charge in [-0.3, -0.25) is 4.57 Å². The van der Waals surface area contributed by atoms with Gasteiger partial charge in [0.15, 0.2) is 24.0 Å². The lowest BCUT2D eigenvalue weighted by atomic mass is 9.99. The fourth-order valence-electron chi connectivity index (χ4n) is 4.22. The second-order valence-corrected chi connectivity index (χ2v) is 8.57. The lowest BCUT2D eigenvalue weighted by Gasteiger charge is -2.39. The molecule has 2 aliphatic rings. The summed E-state index contributed by atoms with van der Waals surface area (Å²) in [6, 6.07) is 0. The highest BCUT2D eigenvalue weighted by Gasteiger charge is 2.45. The number of anilines is 1. The monoisotopic (exact) mass is 510 g/mol. The van der Waals surface area contributed by atoms with E-state index in [1.165, 1.54) is 28.1 Å². The molecule has 196 valence electrons. The van der Waals surface area contributed by atoms with Gasteiger partial charge in [0.25, 0.3) is 0 Å². The van der Waals surface area contributed by atoms with E-state index in [-0.39, 0.29) is 19.0 Å². The number of aliphatic hydroxyl groups is 6. The van der Waals surface area contributed by atoms with E-state index in [0.717, 1.165) is 0 Å². The molecule has 3 aromatic rings. The fourth-order valence-corrected chi connectivity index (χ4v) is 4.22. The largest absolute Gasteiger partial charge is 0.394 e. The molecule has 9 atom stereocenters. The maximum absolute atomic E-state index is 10.6. The van der Waals surface area contributed by atoms with Crippen LogP contribution in [0, 0.1) is 0 Å². The molecular formula is C19H26N8O9. The molecule has 2 aliphatic heterocycles. The van der Waals surface area contributed by atoms with Crippen molar-refractivity contribution < 1.29 is 44.8 Å². The number of aromatic nitrogens is 7. The van der Waals surface area contributed by atoms with Crippen LogP contribution in [0.2, 0.25) is 0 Å². The molecule has 0 aliphatic carbocycles. The quantitative estimate of drug-likeness (QED) is 0.159. The molecule has 5 rings (SSSR count). The molecule has 36 heavy (non-hydrogen) atoms. The van der Waals surface area contributed by atoms with Gasteiger partial charge in [-0.2, -0.15) is 0 Å². The summed E-state index contributed by atoms with van der Waals surface area (Å²) in [5.41, 5.74) is 6.81. The van der Waals surface area contributed by atoms with Crippen molar-refractivity contribution in [2.45, 2.75) is 68.4 Å². The maximum Gasteiger partial charge on any atom is 0.187 e. The Kier molecular flexibility index (Phi) is 6.81. The van der Waals surface area contributed by atoms with Crippen LogP contribution in [-0.4, -0.2) is 121 Å². The van der Waals surface area contributed by atoms with Gasteiger partial charge in [-0.15, -0.1) is 5.10 Å². The first-order chi connectivity index (χ1) is 17.3. The predicted molar refractivity (Wildman–Crippen MR) is 114 cm³/mol. The van der Waals surface area contributed by atoms with Gasteiger partial charge in [0.1, 0.15) is 60.3 Å². The SMILES string of the molecule is Nc1ncnc2c1ncn2[C@@H]1O[C@H](Cn2cc(CO[C@H]3O[C@H](CO)[C@@H](O)[C@H](O)[C@H]3O)nn2)[C@@H](O)[C@H]1O. The Morgan fingerprint density at radius 2 is 1.72 bits per heavy atom. The van der Waals surface area contributed by atoms with Crippen LogP contribution in [0.25, 0.3) is 11.2 Å². The van der Waals surface area contributed by atoms with Gasteiger partial charge >= 0.3 is 0 Å². The van der Waals surface area contributed by atoms with E-state index in [9.17, 15) is 30.6 Å². The Morgan fingerprint density at radius 3 is 2.50 bits per heavy atom. The summed E-state index contributed by atoms with van der Waals surface area (Å²) in [6.45, 7) is -0.720. The first kappa shape index (κ1) is 24.8. The summed E-state index contributed by atoms with van der Waals surface area (Å²) in [4.78, 5) is 12.1. The molecule has 0 radical (unpaired) electrons. The van der Waals surface area contributed by atoms with Crippen molar-refractivity contribution in [2.24, 2.45) is 0 Å². The predicted octanol–water partition coefficient (Wildman–Crippen LogP) is -4.36. The average Bonchev–Trinajstić information content (AvgIpc) is 3.57. The van der Waals surface area contributed by atoms with Gasteiger partial charge < -0.3 is 50.6 Å². The third-order valence-corrected chi connectivity index (χ3v) is 6.20. The van der Waals surface area contributed by atoms with Crippen molar-refractivity contribution in [2.75, 3.05) is 12.3 Å². The number of ether oxygens (including phenoxy) is 3. The topological polar surface area (TPSA) is 249 Å². The standard InChI is InChI=1S/C19H26N8O9/c20-16-10-17(22-5-21-16)27(6-23-10)18-14(32)11(29)8(35-18)2-26-1-7(24-25-26)4-34-19-15(33)13(31)12(30)9(3-28)36-19/h1,5-6,8-9,11-15,18-19,28-33H,2-4H2,(H2,20,21,22)/t8-,9-,11-,12-,13+,14-,15-,18-,19+/m1/s1. The molecule has 0 amide bonds. The summed E-state index contributed by atoms with van der Waals surface area (Å²) in [5.74, 6) is 0.171. The fraction of sp³-hybridized carbons (Fsp3) is 0.632. The van der Waals surface area contributed by atoms with E-state index in [0.29, 0.717) is 16.9 Å². The number of fused-ring (bicyclic) bond motifs is 1. The molecule has 2 saturated heterocycles. The van der Waals surface area contributed by atoms with Gasteiger partial charge in [0.05, 0.1) is 32.3 Å². The molecule has 0 aromatic carbocycles. The molecular weight excluding hydrogens is 484 g/mol. The Morgan fingerprint density at radius 1 is 0.944 bits per heavy atom. The molecule has 0 unspecified atom stereocenters. The van der Waals surface area contributed by atoms with Crippen molar-refractivity contribution >= 4 is 17.0 Å². The maximum atomic E-state index is 10.6. The lowest BCUT2D eigenvalue weighted by molar-refractivity contribution is -0.304. The smallest absolute Gasteiger partial charge is 0.187 e. The van der Waals surface area contributed by atoms with Crippen molar-refractivity contribution in [3.63, 3.8) is 0 Å². The number of hydrogen-bond acceptors (Lipinski definition) is 15.